The third kappa shape index (κ3) is 17.0. The monoisotopic (exact) mass is 653 g/mol. The van der Waals surface area contributed by atoms with E-state index >= 15 is 0 Å². The quantitative estimate of drug-likeness (QED) is 0.134. The molecule has 4 aromatic rings. The number of carbonyl (C=O) groups is 2. The van der Waals surface area contributed by atoms with Crippen LogP contribution >= 0.6 is 0 Å². The Kier molecular flexibility index (Phi) is 20.6. The van der Waals surface area contributed by atoms with Crippen molar-refractivity contribution in [2.45, 2.75) is 44.7 Å². The van der Waals surface area contributed by atoms with Crippen LogP contribution in [-0.4, -0.2) is 75.6 Å². The lowest BCUT2D eigenvalue weighted by molar-refractivity contribution is -0.141. The Bertz CT molecular complexity index is 1370. The summed E-state index contributed by atoms with van der Waals surface area (Å²) in [5.41, 5.74) is 3.71. The molecule has 3 radical (unpaired) electrons. The van der Waals surface area contributed by atoms with E-state index < -0.39 is 17.9 Å². The fourth-order valence-electron chi connectivity index (χ4n) is 4.31. The SMILES string of the molecule is C1CCOC1.O=C(N[C@H](COCc1ccccc1)C(=O)O)c1ccccc1.OC[C@@H](COCc1ccccc1)NCc1ccccc1.[B]. The average molecular weight is 654 g/mol. The number of aliphatic carboxylic acids is 1. The number of aliphatic hydroxyl groups is 1. The van der Waals surface area contributed by atoms with E-state index in [2.05, 4.69) is 22.8 Å². The summed E-state index contributed by atoms with van der Waals surface area (Å²) in [6.07, 6.45) is 2.56. The van der Waals surface area contributed by atoms with Crippen molar-refractivity contribution in [3.8, 4) is 0 Å². The molecule has 0 spiro atoms. The summed E-state index contributed by atoms with van der Waals surface area (Å²) >= 11 is 0. The highest BCUT2D eigenvalue weighted by Crippen LogP contribution is 2.04. The standard InChI is InChI=1S/C17H17NO4.C17H21NO2.C4H8O.B/c19-16(14-9-5-2-6-10-14)18-15(17(20)21)12-22-11-13-7-3-1-4-8-13;19-12-17(18-11-15-7-3-1-4-8-15)14-20-13-16-9-5-2-6-10-16;1-2-4-5-3-1;/h1-10,15H,11-12H2,(H,18,19)(H,20,21);1-10,17-19H,11-14H2;1-4H2;/t15-;17-;;/m10../s1. The van der Waals surface area contributed by atoms with Crippen LogP contribution in [0.2, 0.25) is 0 Å². The van der Waals surface area contributed by atoms with Crippen molar-refractivity contribution in [1.29, 1.82) is 0 Å². The molecule has 0 unspecified atom stereocenters. The van der Waals surface area contributed by atoms with E-state index in [0.717, 1.165) is 30.9 Å². The van der Waals surface area contributed by atoms with E-state index in [0.29, 0.717) is 25.4 Å². The van der Waals surface area contributed by atoms with Gasteiger partial charge in [0.25, 0.3) is 5.91 Å². The first kappa shape index (κ1) is 39.9. The summed E-state index contributed by atoms with van der Waals surface area (Å²) < 4.78 is 16.0. The van der Waals surface area contributed by atoms with E-state index in [-0.39, 0.29) is 27.7 Å². The first-order valence-electron chi connectivity index (χ1n) is 15.8. The van der Waals surface area contributed by atoms with Gasteiger partial charge in [0.15, 0.2) is 6.04 Å². The Balaban J connectivity index is 0.000000286. The molecule has 4 aromatic carbocycles. The number of hydrogen-bond donors (Lipinski definition) is 4. The van der Waals surface area contributed by atoms with Gasteiger partial charge in [0.1, 0.15) is 0 Å². The number of nitrogens with one attached hydrogen (secondary N) is 2. The number of carboxylic acid groups (broad SMARTS) is 1. The molecule has 253 valence electrons. The fraction of sp³-hybridized carbons (Fsp3) is 0.316. The summed E-state index contributed by atoms with van der Waals surface area (Å²) in [6, 6.07) is 37.0. The number of hydrogen-bond acceptors (Lipinski definition) is 7. The maximum atomic E-state index is 12.0. The van der Waals surface area contributed by atoms with Gasteiger partial charge < -0.3 is 35.1 Å². The van der Waals surface area contributed by atoms with Crippen LogP contribution < -0.4 is 10.6 Å². The molecule has 10 heteroatoms. The molecule has 2 atom stereocenters. The Morgan fingerprint density at radius 2 is 1.15 bits per heavy atom. The Hall–Kier alpha value is -4.32. The van der Waals surface area contributed by atoms with E-state index in [9.17, 15) is 19.8 Å². The molecule has 9 nitrogen and oxygen atoms in total. The van der Waals surface area contributed by atoms with Gasteiger partial charge in [-0.3, -0.25) is 4.79 Å². The van der Waals surface area contributed by atoms with Gasteiger partial charge in [-0.15, -0.1) is 0 Å². The van der Waals surface area contributed by atoms with Gasteiger partial charge >= 0.3 is 5.97 Å². The van der Waals surface area contributed by atoms with Gasteiger partial charge in [-0.1, -0.05) is 109 Å². The number of rotatable bonds is 15. The predicted octanol–water partition coefficient (Wildman–Crippen LogP) is 4.86. The zero-order valence-corrected chi connectivity index (χ0v) is 27.3. The molecule has 1 aliphatic heterocycles. The second-order valence-electron chi connectivity index (χ2n) is 10.8. The molecule has 48 heavy (non-hydrogen) atoms. The lowest BCUT2D eigenvalue weighted by atomic mass is 10.2. The number of carboxylic acids is 1. The topological polar surface area (TPSA) is 126 Å². The van der Waals surface area contributed by atoms with Crippen LogP contribution in [0.15, 0.2) is 121 Å². The number of amides is 1. The number of benzene rings is 4. The lowest BCUT2D eigenvalue weighted by Gasteiger charge is -2.16. The van der Waals surface area contributed by atoms with E-state index in [4.69, 9.17) is 14.2 Å². The number of aliphatic hydroxyl groups excluding tert-OH is 1. The molecule has 1 amide bonds. The zero-order valence-electron chi connectivity index (χ0n) is 27.3. The Labute approximate surface area is 285 Å². The molecule has 5 rings (SSSR count). The Morgan fingerprint density at radius 3 is 1.58 bits per heavy atom. The van der Waals surface area contributed by atoms with Crippen LogP contribution in [-0.2, 0) is 38.8 Å². The van der Waals surface area contributed by atoms with Crippen molar-refractivity contribution >= 4 is 20.3 Å². The van der Waals surface area contributed by atoms with Gasteiger partial charge in [-0.25, -0.2) is 4.79 Å². The van der Waals surface area contributed by atoms with Crippen molar-refractivity contribution in [3.63, 3.8) is 0 Å². The molecule has 0 saturated carbocycles. The van der Waals surface area contributed by atoms with Gasteiger partial charge in [0.2, 0.25) is 0 Å². The molecule has 0 aliphatic carbocycles. The van der Waals surface area contributed by atoms with E-state index in [1.165, 1.54) is 18.4 Å². The average Bonchev–Trinajstić information content (AvgIpc) is 3.72. The van der Waals surface area contributed by atoms with Crippen molar-refractivity contribution in [2.24, 2.45) is 0 Å². The van der Waals surface area contributed by atoms with Gasteiger partial charge in [0, 0.05) is 33.7 Å². The second kappa shape index (κ2) is 24.8. The lowest BCUT2D eigenvalue weighted by Crippen LogP contribution is -2.44. The van der Waals surface area contributed by atoms with Gasteiger partial charge in [-0.2, -0.15) is 0 Å². The van der Waals surface area contributed by atoms with Crippen molar-refractivity contribution < 1.29 is 34.0 Å². The summed E-state index contributed by atoms with van der Waals surface area (Å²) in [6.45, 7) is 4.08. The van der Waals surface area contributed by atoms with Crippen LogP contribution in [0, 0.1) is 0 Å². The molecule has 0 aromatic heterocycles. The third-order valence-electron chi connectivity index (χ3n) is 6.95. The summed E-state index contributed by atoms with van der Waals surface area (Å²) in [5, 5.41) is 24.3. The highest BCUT2D eigenvalue weighted by Gasteiger charge is 2.20. The van der Waals surface area contributed by atoms with Crippen LogP contribution in [0.1, 0.15) is 39.9 Å². The third-order valence-corrected chi connectivity index (χ3v) is 6.95. The van der Waals surface area contributed by atoms with Gasteiger partial charge in [-0.05, 0) is 41.7 Å². The summed E-state index contributed by atoms with van der Waals surface area (Å²) in [7, 11) is 0. The van der Waals surface area contributed by atoms with Gasteiger partial charge in [0.05, 0.1) is 39.1 Å². The number of carbonyl (C=O) groups excluding carboxylic acids is 1. The number of ether oxygens (including phenoxy) is 3. The maximum Gasteiger partial charge on any atom is 0.328 e. The van der Waals surface area contributed by atoms with Crippen LogP contribution in [0.5, 0.6) is 0 Å². The highest BCUT2D eigenvalue weighted by atomic mass is 16.5. The molecule has 1 saturated heterocycles. The smallest absolute Gasteiger partial charge is 0.328 e. The predicted molar refractivity (Wildman–Crippen MR) is 187 cm³/mol. The van der Waals surface area contributed by atoms with Crippen LogP contribution in [0.25, 0.3) is 0 Å². The fourth-order valence-corrected chi connectivity index (χ4v) is 4.31. The van der Waals surface area contributed by atoms with Crippen molar-refractivity contribution in [1.82, 2.24) is 10.6 Å². The summed E-state index contributed by atoms with van der Waals surface area (Å²) in [5.74, 6) is -1.56. The molecular formula is C38H46BN2O7. The van der Waals surface area contributed by atoms with Crippen LogP contribution in [0.4, 0.5) is 0 Å². The molecule has 1 fully saturated rings. The molecule has 4 N–H and O–H groups in total. The Morgan fingerprint density at radius 1 is 0.688 bits per heavy atom. The van der Waals surface area contributed by atoms with Crippen molar-refractivity contribution in [2.75, 3.05) is 33.0 Å². The second-order valence-corrected chi connectivity index (χ2v) is 10.8. The van der Waals surface area contributed by atoms with E-state index in [1.807, 2.05) is 78.9 Å². The molecular weight excluding hydrogens is 607 g/mol. The van der Waals surface area contributed by atoms with Crippen molar-refractivity contribution in [3.05, 3.63) is 144 Å². The highest BCUT2D eigenvalue weighted by molar-refractivity contribution is 5.96. The molecule has 1 heterocycles. The minimum atomic E-state index is -1.13. The minimum absolute atomic E-state index is 0. The normalized spacial score (nSPS) is 12.9. The largest absolute Gasteiger partial charge is 0.480 e. The van der Waals surface area contributed by atoms with Crippen LogP contribution in [0.3, 0.4) is 0 Å². The minimum Gasteiger partial charge on any atom is -0.480 e. The maximum absolute atomic E-state index is 12.0. The molecule has 1 aliphatic rings. The van der Waals surface area contributed by atoms with E-state index in [1.54, 1.807) is 30.3 Å². The summed E-state index contributed by atoms with van der Waals surface area (Å²) in [4.78, 5) is 23.2. The first-order valence-corrected chi connectivity index (χ1v) is 15.8. The first-order chi connectivity index (χ1) is 23.0. The molecule has 0 bridgehead atoms. The zero-order chi connectivity index (χ0) is 33.4.